The van der Waals surface area contributed by atoms with Crippen LogP contribution in [-0.2, 0) is 5.75 Å². The van der Waals surface area contributed by atoms with E-state index in [9.17, 15) is 4.79 Å². The fourth-order valence-electron chi connectivity index (χ4n) is 2.92. The first-order chi connectivity index (χ1) is 15.0. The number of anilines is 1. The molecule has 9 heteroatoms. The summed E-state index contributed by atoms with van der Waals surface area (Å²) in [6.45, 7) is 3.80. The number of hydrogen-bond acceptors (Lipinski definition) is 8. The van der Waals surface area contributed by atoms with Gasteiger partial charge in [-0.1, -0.05) is 17.3 Å². The highest BCUT2D eigenvalue weighted by Crippen LogP contribution is 2.29. The van der Waals surface area contributed by atoms with Gasteiger partial charge in [0, 0.05) is 33.4 Å². The second-order valence-electron chi connectivity index (χ2n) is 6.67. The number of benzene rings is 1. The number of rotatable bonds is 7. The lowest BCUT2D eigenvalue weighted by molar-refractivity contribution is 0.102. The Hall–Kier alpha value is -2.62. The van der Waals surface area contributed by atoms with E-state index in [4.69, 9.17) is 4.52 Å². The maximum absolute atomic E-state index is 12.9. The quantitative estimate of drug-likeness (QED) is 0.329. The summed E-state index contributed by atoms with van der Waals surface area (Å²) in [4.78, 5) is 23.1. The van der Waals surface area contributed by atoms with Crippen LogP contribution in [0.5, 0.6) is 0 Å². The first-order valence-electron chi connectivity index (χ1n) is 9.46. The van der Waals surface area contributed by atoms with Crippen LogP contribution in [0.2, 0.25) is 0 Å². The predicted octanol–water partition coefficient (Wildman–Crippen LogP) is 6.08. The van der Waals surface area contributed by atoms with Crippen molar-refractivity contribution in [3.05, 3.63) is 70.6 Å². The zero-order valence-electron chi connectivity index (χ0n) is 17.2. The second-order valence-corrected chi connectivity index (χ2v) is 9.37. The van der Waals surface area contributed by atoms with E-state index in [0.717, 1.165) is 28.3 Å². The van der Waals surface area contributed by atoms with Gasteiger partial charge in [0.25, 0.3) is 5.91 Å². The number of hydrogen-bond donors (Lipinski definition) is 1. The Morgan fingerprint density at radius 2 is 2.00 bits per heavy atom. The number of carbonyl (C=O) groups excluding carboxylic acids is 1. The summed E-state index contributed by atoms with van der Waals surface area (Å²) in [5.74, 6) is 1.19. The van der Waals surface area contributed by atoms with Crippen molar-refractivity contribution >= 4 is 45.9 Å². The molecule has 0 fully saturated rings. The number of aryl methyl sites for hydroxylation is 2. The first-order valence-corrected chi connectivity index (χ1v) is 12.5. The zero-order valence-corrected chi connectivity index (χ0v) is 19.7. The Labute approximate surface area is 192 Å². The molecule has 0 aliphatic carbocycles. The number of thiazole rings is 1. The third-order valence-electron chi connectivity index (χ3n) is 4.66. The largest absolute Gasteiger partial charge is 0.361 e. The van der Waals surface area contributed by atoms with Crippen molar-refractivity contribution in [3.63, 3.8) is 0 Å². The Morgan fingerprint density at radius 1 is 1.19 bits per heavy atom. The third kappa shape index (κ3) is 5.00. The predicted molar refractivity (Wildman–Crippen MR) is 127 cm³/mol. The fourth-order valence-corrected chi connectivity index (χ4v) is 5.18. The van der Waals surface area contributed by atoms with Gasteiger partial charge in [0.1, 0.15) is 10.8 Å². The highest BCUT2D eigenvalue weighted by atomic mass is 32.2. The molecule has 3 aromatic heterocycles. The zero-order chi connectivity index (χ0) is 21.8. The molecule has 6 nitrogen and oxygen atoms in total. The van der Waals surface area contributed by atoms with Gasteiger partial charge in [-0.05, 0) is 44.4 Å². The van der Waals surface area contributed by atoms with E-state index in [0.29, 0.717) is 21.5 Å². The molecule has 0 saturated heterocycles. The van der Waals surface area contributed by atoms with Gasteiger partial charge in [-0.2, -0.15) is 0 Å². The third-order valence-corrected chi connectivity index (χ3v) is 7.19. The smallest absolute Gasteiger partial charge is 0.260 e. The summed E-state index contributed by atoms with van der Waals surface area (Å²) >= 11 is 4.59. The van der Waals surface area contributed by atoms with Crippen LogP contribution in [-0.4, -0.2) is 27.3 Å². The number of thioether (sulfide) groups is 2. The summed E-state index contributed by atoms with van der Waals surface area (Å²) in [6, 6.07) is 11.7. The lowest BCUT2D eigenvalue weighted by atomic mass is 10.2. The minimum absolute atomic E-state index is 0.229. The van der Waals surface area contributed by atoms with Gasteiger partial charge < -0.3 is 4.52 Å². The Morgan fingerprint density at radius 3 is 2.71 bits per heavy atom. The van der Waals surface area contributed by atoms with Gasteiger partial charge in [0.05, 0.1) is 17.0 Å². The van der Waals surface area contributed by atoms with Crippen molar-refractivity contribution in [1.29, 1.82) is 0 Å². The monoisotopic (exact) mass is 468 g/mol. The molecule has 4 rings (SSSR count). The fraction of sp³-hybridized carbons (Fsp3) is 0.182. The molecule has 1 aromatic carbocycles. The van der Waals surface area contributed by atoms with Crippen molar-refractivity contribution < 1.29 is 9.32 Å². The van der Waals surface area contributed by atoms with Gasteiger partial charge in [-0.25, -0.2) is 9.97 Å². The maximum Gasteiger partial charge on any atom is 0.260 e. The van der Waals surface area contributed by atoms with E-state index in [1.165, 1.54) is 28.0 Å². The molecular weight excluding hydrogens is 448 g/mol. The number of aromatic nitrogens is 3. The molecule has 1 amide bonds. The normalized spacial score (nSPS) is 10.9. The molecule has 0 atom stereocenters. The van der Waals surface area contributed by atoms with E-state index in [1.807, 2.05) is 37.6 Å². The van der Waals surface area contributed by atoms with E-state index < -0.39 is 0 Å². The molecule has 3 heterocycles. The van der Waals surface area contributed by atoms with Crippen LogP contribution in [0.15, 0.2) is 62.4 Å². The minimum atomic E-state index is -0.229. The number of carbonyl (C=O) groups is 1. The minimum Gasteiger partial charge on any atom is -0.361 e. The average Bonchev–Trinajstić information content (AvgIpc) is 3.39. The molecular formula is C22H20N4O2S3. The van der Waals surface area contributed by atoms with Gasteiger partial charge in [-0.3, -0.25) is 10.1 Å². The molecule has 0 unspecified atom stereocenters. The van der Waals surface area contributed by atoms with Gasteiger partial charge >= 0.3 is 0 Å². The molecule has 0 saturated carbocycles. The van der Waals surface area contributed by atoms with Gasteiger partial charge in [0.2, 0.25) is 0 Å². The summed E-state index contributed by atoms with van der Waals surface area (Å²) in [5, 5.41) is 10.0. The summed E-state index contributed by atoms with van der Waals surface area (Å²) in [6.07, 6.45) is 3.73. The van der Waals surface area contributed by atoms with Gasteiger partial charge in [0.15, 0.2) is 5.13 Å². The average molecular weight is 469 g/mol. The molecule has 0 bridgehead atoms. The van der Waals surface area contributed by atoms with Crippen LogP contribution in [0, 0.1) is 13.8 Å². The molecule has 0 radical (unpaired) electrons. The van der Waals surface area contributed by atoms with E-state index in [-0.39, 0.29) is 5.91 Å². The Kier molecular flexibility index (Phi) is 6.74. The lowest BCUT2D eigenvalue weighted by Crippen LogP contribution is -2.13. The highest BCUT2D eigenvalue weighted by Gasteiger charge is 2.17. The molecule has 31 heavy (non-hydrogen) atoms. The van der Waals surface area contributed by atoms with Crippen LogP contribution in [0.1, 0.15) is 27.4 Å². The van der Waals surface area contributed by atoms with Crippen LogP contribution in [0.4, 0.5) is 5.13 Å². The number of nitrogens with zero attached hydrogens (tertiary/aromatic N) is 3. The molecule has 4 aromatic rings. The standard InChI is InChI=1S/C22H20N4O2S3/c1-13-18(14(2)28-26-13)11-30-21-17(5-4-10-23-21)20(27)25-22-24-19(12-31-22)15-6-8-16(29-3)9-7-15/h4-10,12H,11H2,1-3H3,(H,24,25,27). The van der Waals surface area contributed by atoms with Crippen LogP contribution >= 0.6 is 34.9 Å². The Bertz CT molecular complexity index is 1180. The van der Waals surface area contributed by atoms with Crippen molar-refractivity contribution in [2.24, 2.45) is 0 Å². The van der Waals surface area contributed by atoms with Crippen molar-refractivity contribution in [3.8, 4) is 11.3 Å². The number of pyridine rings is 1. The van der Waals surface area contributed by atoms with Crippen molar-refractivity contribution in [1.82, 2.24) is 15.1 Å². The van der Waals surface area contributed by atoms with Gasteiger partial charge in [-0.15, -0.1) is 34.9 Å². The lowest BCUT2D eigenvalue weighted by Gasteiger charge is -2.07. The van der Waals surface area contributed by atoms with Crippen molar-refractivity contribution in [2.75, 3.05) is 11.6 Å². The molecule has 0 spiro atoms. The maximum atomic E-state index is 12.9. The van der Waals surface area contributed by atoms with E-state index in [2.05, 4.69) is 32.6 Å². The van der Waals surface area contributed by atoms with E-state index in [1.54, 1.807) is 30.1 Å². The van der Waals surface area contributed by atoms with Crippen LogP contribution in [0.25, 0.3) is 11.3 Å². The summed E-state index contributed by atoms with van der Waals surface area (Å²) < 4.78 is 5.22. The topological polar surface area (TPSA) is 80.9 Å². The number of amides is 1. The molecule has 0 aliphatic rings. The van der Waals surface area contributed by atoms with Crippen LogP contribution in [0.3, 0.4) is 0 Å². The first kappa shape index (κ1) is 21.6. The Balaban J connectivity index is 1.47. The summed E-state index contributed by atoms with van der Waals surface area (Å²) in [5.41, 5.74) is 4.26. The molecule has 0 aliphatic heterocycles. The molecule has 1 N–H and O–H groups in total. The SMILES string of the molecule is CSc1ccc(-c2csc(NC(=O)c3cccnc3SCc3c(C)noc3C)n2)cc1. The summed E-state index contributed by atoms with van der Waals surface area (Å²) in [7, 11) is 0. The van der Waals surface area contributed by atoms with Crippen LogP contribution < -0.4 is 5.32 Å². The number of nitrogens with one attached hydrogen (secondary N) is 1. The van der Waals surface area contributed by atoms with Crippen molar-refractivity contribution in [2.45, 2.75) is 29.5 Å². The second kappa shape index (κ2) is 9.67. The van der Waals surface area contributed by atoms with E-state index >= 15 is 0 Å². The molecule has 158 valence electrons. The highest BCUT2D eigenvalue weighted by molar-refractivity contribution is 7.98.